The molecule has 5 rings (SSSR count). The van der Waals surface area contributed by atoms with Gasteiger partial charge in [-0.05, 0) is 81.2 Å². The van der Waals surface area contributed by atoms with Crippen molar-refractivity contribution in [1.29, 1.82) is 0 Å². The number of nitrogens with zero attached hydrogens (tertiary/aromatic N) is 2. The number of para-hydroxylation sites is 2. The molecule has 0 radical (unpaired) electrons. The van der Waals surface area contributed by atoms with Crippen LogP contribution >= 0.6 is 0 Å². The van der Waals surface area contributed by atoms with Crippen LogP contribution in [0.25, 0.3) is 0 Å². The number of anilines is 1. The fourth-order valence-electron chi connectivity index (χ4n) is 7.38. The predicted molar refractivity (Wildman–Crippen MR) is 193 cm³/mol. The standard InChI is InChI=1S/C38H48N2O6S2/c1-37(2)31-16-5-7-18-33(31)39(24-9-11-26-47(41,42)43)35(37)22-20-29-14-13-15-30(28-29)21-23-36-38(3,4)32-17-6-8-19-34(32)40(36)25-10-12-27-48(44,45)46/h5-8,16-23,28H,9-15,24-27H2,1-4H3,(H-,41,42,43,44,45,46). The Balaban J connectivity index is 1.40. The number of unbranched alkanes of at least 4 members (excludes halogenated alkanes) is 2. The van der Waals surface area contributed by atoms with Gasteiger partial charge >= 0.3 is 0 Å². The minimum Gasteiger partial charge on any atom is -0.748 e. The zero-order valence-corrected chi connectivity index (χ0v) is 30.1. The number of rotatable bonds is 13. The summed E-state index contributed by atoms with van der Waals surface area (Å²) in [7, 11) is -8.21. The van der Waals surface area contributed by atoms with Crippen LogP contribution in [0.15, 0.2) is 95.8 Å². The molecule has 0 bridgehead atoms. The summed E-state index contributed by atoms with van der Waals surface area (Å²) < 4.78 is 67.6. The average molecular weight is 693 g/mol. The second kappa shape index (κ2) is 14.3. The molecule has 2 heterocycles. The van der Waals surface area contributed by atoms with E-state index in [2.05, 4.69) is 104 Å². The SMILES string of the molecule is CC1(C)C(/C=C/C2=CC(=C/C=C3\N(CCCCS(=O)(=O)[O-])c4ccccc4C3(C)C)/CCC2)=[N+](CCCCS(=O)(=O)O)c2ccccc21. The highest BCUT2D eigenvalue weighted by atomic mass is 32.2. The fraction of sp³-hybridized carbons (Fsp3) is 0.447. The van der Waals surface area contributed by atoms with Crippen LogP contribution < -0.4 is 4.90 Å². The predicted octanol–water partition coefficient (Wildman–Crippen LogP) is 7.33. The smallest absolute Gasteiger partial charge is 0.264 e. The highest BCUT2D eigenvalue weighted by Gasteiger charge is 2.44. The first-order chi connectivity index (χ1) is 22.6. The van der Waals surface area contributed by atoms with Crippen LogP contribution in [0.2, 0.25) is 0 Å². The molecule has 3 aliphatic rings. The molecular weight excluding hydrogens is 645 g/mol. The van der Waals surface area contributed by atoms with Crippen molar-refractivity contribution in [2.24, 2.45) is 0 Å². The molecule has 2 aliphatic heterocycles. The van der Waals surface area contributed by atoms with Gasteiger partial charge in [-0.2, -0.15) is 13.0 Å². The van der Waals surface area contributed by atoms with Gasteiger partial charge in [0.15, 0.2) is 5.71 Å². The Morgan fingerprint density at radius 3 is 2.25 bits per heavy atom. The third-order valence-corrected chi connectivity index (χ3v) is 11.5. The molecule has 258 valence electrons. The maximum Gasteiger partial charge on any atom is 0.264 e. The van der Waals surface area contributed by atoms with Crippen LogP contribution in [0.4, 0.5) is 11.4 Å². The number of benzene rings is 2. The molecule has 48 heavy (non-hydrogen) atoms. The van der Waals surface area contributed by atoms with Gasteiger partial charge in [-0.1, -0.05) is 68.5 Å². The maximum absolute atomic E-state index is 11.3. The Morgan fingerprint density at radius 1 is 0.833 bits per heavy atom. The minimum atomic E-state index is -4.23. The first-order valence-corrected chi connectivity index (χ1v) is 20.1. The zero-order chi connectivity index (χ0) is 34.7. The summed E-state index contributed by atoms with van der Waals surface area (Å²) in [5, 5.41) is 0. The van der Waals surface area contributed by atoms with E-state index < -0.39 is 20.2 Å². The largest absolute Gasteiger partial charge is 0.748 e. The maximum atomic E-state index is 11.3. The van der Waals surface area contributed by atoms with Crippen LogP contribution in [0.5, 0.6) is 0 Å². The van der Waals surface area contributed by atoms with Crippen molar-refractivity contribution in [1.82, 2.24) is 0 Å². The molecule has 8 nitrogen and oxygen atoms in total. The van der Waals surface area contributed by atoms with E-state index in [1.165, 1.54) is 28.0 Å². The van der Waals surface area contributed by atoms with E-state index in [0.717, 1.165) is 36.3 Å². The van der Waals surface area contributed by atoms with Crippen LogP contribution in [0.1, 0.15) is 83.8 Å². The van der Waals surface area contributed by atoms with Crippen LogP contribution in [-0.2, 0) is 31.1 Å². The molecule has 1 N–H and O–H groups in total. The molecule has 0 saturated carbocycles. The Kier molecular flexibility index (Phi) is 10.7. The number of allylic oxidation sites excluding steroid dienone is 8. The van der Waals surface area contributed by atoms with Gasteiger partial charge in [0.1, 0.15) is 6.54 Å². The van der Waals surface area contributed by atoms with Crippen molar-refractivity contribution in [3.05, 3.63) is 107 Å². The van der Waals surface area contributed by atoms with Crippen molar-refractivity contribution in [3.63, 3.8) is 0 Å². The summed E-state index contributed by atoms with van der Waals surface area (Å²) in [5.74, 6) is -0.577. The van der Waals surface area contributed by atoms with Gasteiger partial charge in [-0.25, -0.2) is 8.42 Å². The lowest BCUT2D eigenvalue weighted by atomic mass is 9.81. The van der Waals surface area contributed by atoms with Crippen LogP contribution in [0.3, 0.4) is 0 Å². The van der Waals surface area contributed by atoms with Crippen molar-refractivity contribution < 1.29 is 30.5 Å². The molecule has 2 aromatic rings. The van der Waals surface area contributed by atoms with Crippen molar-refractivity contribution in [2.45, 2.75) is 83.5 Å². The number of fused-ring (bicyclic) bond motifs is 2. The summed E-state index contributed by atoms with van der Waals surface area (Å²) in [6.07, 6.45) is 16.1. The van der Waals surface area contributed by atoms with Gasteiger partial charge in [0.2, 0.25) is 5.69 Å². The monoisotopic (exact) mass is 692 g/mol. The van der Waals surface area contributed by atoms with Crippen molar-refractivity contribution in [2.75, 3.05) is 29.5 Å². The highest BCUT2D eigenvalue weighted by Crippen LogP contribution is 2.48. The van der Waals surface area contributed by atoms with Crippen LogP contribution in [0, 0.1) is 0 Å². The summed E-state index contributed by atoms with van der Waals surface area (Å²) >= 11 is 0. The molecular formula is C38H48N2O6S2. The van der Waals surface area contributed by atoms with Gasteiger partial charge in [-0.15, -0.1) is 0 Å². The summed E-state index contributed by atoms with van der Waals surface area (Å²) in [5.41, 5.74) is 9.10. The molecule has 0 fully saturated rings. The Morgan fingerprint density at radius 2 is 1.52 bits per heavy atom. The molecule has 0 amide bonds. The molecule has 0 aromatic heterocycles. The number of hydrogen-bond donors (Lipinski definition) is 1. The lowest BCUT2D eigenvalue weighted by Crippen LogP contribution is -2.28. The van der Waals surface area contributed by atoms with E-state index in [1.54, 1.807) is 0 Å². The lowest BCUT2D eigenvalue weighted by molar-refractivity contribution is -0.438. The molecule has 0 spiro atoms. The van der Waals surface area contributed by atoms with E-state index in [-0.39, 0.29) is 22.3 Å². The molecule has 0 atom stereocenters. The third kappa shape index (κ3) is 8.28. The Hall–Kier alpha value is -3.31. The average Bonchev–Trinajstić information content (AvgIpc) is 3.37. The van der Waals surface area contributed by atoms with Gasteiger partial charge in [0, 0.05) is 53.2 Å². The summed E-state index contributed by atoms with van der Waals surface area (Å²) in [6, 6.07) is 16.7. The zero-order valence-electron chi connectivity index (χ0n) is 28.5. The van der Waals surface area contributed by atoms with Crippen LogP contribution in [-0.4, -0.2) is 60.8 Å². The van der Waals surface area contributed by atoms with Gasteiger partial charge in [-0.3, -0.25) is 4.55 Å². The van der Waals surface area contributed by atoms with E-state index in [9.17, 15) is 25.9 Å². The molecule has 1 aliphatic carbocycles. The topological polar surface area (TPSA) is 118 Å². The van der Waals surface area contributed by atoms with Gasteiger partial charge < -0.3 is 9.45 Å². The van der Waals surface area contributed by atoms with E-state index in [1.807, 2.05) is 12.1 Å². The molecule has 0 saturated heterocycles. The van der Waals surface area contributed by atoms with E-state index in [0.29, 0.717) is 38.8 Å². The minimum absolute atomic E-state index is 0.223. The van der Waals surface area contributed by atoms with E-state index >= 15 is 0 Å². The highest BCUT2D eigenvalue weighted by molar-refractivity contribution is 7.85. The first-order valence-electron chi connectivity index (χ1n) is 16.9. The normalized spacial score (nSPS) is 20.5. The van der Waals surface area contributed by atoms with Gasteiger partial charge in [0.05, 0.1) is 21.3 Å². The second-order valence-corrected chi connectivity index (χ2v) is 17.2. The van der Waals surface area contributed by atoms with Crippen molar-refractivity contribution in [3.8, 4) is 0 Å². The molecule has 2 aromatic carbocycles. The Labute approximate surface area is 286 Å². The fourth-order valence-corrected chi connectivity index (χ4v) is 8.51. The Bertz CT molecular complexity index is 1910. The first kappa shape index (κ1) is 36.0. The summed E-state index contributed by atoms with van der Waals surface area (Å²) in [4.78, 5) is 2.28. The quantitative estimate of drug-likeness (QED) is 0.133. The van der Waals surface area contributed by atoms with E-state index in [4.69, 9.17) is 0 Å². The lowest BCUT2D eigenvalue weighted by Gasteiger charge is -2.27. The van der Waals surface area contributed by atoms with Crippen molar-refractivity contribution >= 4 is 37.3 Å². The van der Waals surface area contributed by atoms with Gasteiger partial charge in [0.25, 0.3) is 10.1 Å². The second-order valence-electron chi connectivity index (χ2n) is 14.1. The molecule has 10 heteroatoms. The number of hydrogen-bond acceptors (Lipinski definition) is 6. The summed E-state index contributed by atoms with van der Waals surface area (Å²) in [6.45, 7) is 10.2. The third-order valence-electron chi connectivity index (χ3n) is 9.87. The molecule has 0 unspecified atom stereocenters.